The summed E-state index contributed by atoms with van der Waals surface area (Å²) in [5.41, 5.74) is 9.76. The van der Waals surface area contributed by atoms with Crippen LogP contribution in [-0.4, -0.2) is 4.98 Å². The average molecular weight is 193 g/mol. The van der Waals surface area contributed by atoms with Crippen molar-refractivity contribution in [2.24, 2.45) is 5.11 Å². The zero-order valence-corrected chi connectivity index (χ0v) is 7.28. The fourth-order valence-corrected chi connectivity index (χ4v) is 1.38. The van der Waals surface area contributed by atoms with E-state index < -0.39 is 0 Å². The standard InChI is InChI=1S/C8H5ClN4/c9-5-1-2-7-6(3-5)8(4-11-7)12-13-10/h1-4,11H. The first kappa shape index (κ1) is 7.98. The van der Waals surface area contributed by atoms with Gasteiger partial charge in [0.25, 0.3) is 0 Å². The smallest absolute Gasteiger partial charge is 0.0629 e. The first-order valence-corrected chi connectivity index (χ1v) is 4.01. The molecule has 0 bridgehead atoms. The molecule has 1 N–H and O–H groups in total. The first-order valence-electron chi connectivity index (χ1n) is 3.63. The van der Waals surface area contributed by atoms with Crippen LogP contribution in [0, 0.1) is 0 Å². The number of benzene rings is 1. The quantitative estimate of drug-likeness (QED) is 0.406. The third-order valence-corrected chi connectivity index (χ3v) is 2.01. The highest BCUT2D eigenvalue weighted by atomic mass is 35.5. The maximum Gasteiger partial charge on any atom is 0.0629 e. The van der Waals surface area contributed by atoms with Gasteiger partial charge < -0.3 is 4.98 Å². The van der Waals surface area contributed by atoms with Crippen LogP contribution in [0.3, 0.4) is 0 Å². The van der Waals surface area contributed by atoms with Gasteiger partial charge >= 0.3 is 0 Å². The predicted molar refractivity (Wildman–Crippen MR) is 52.1 cm³/mol. The Bertz CT molecular complexity index is 496. The molecule has 1 aromatic heterocycles. The van der Waals surface area contributed by atoms with Crippen LogP contribution in [-0.2, 0) is 0 Å². The molecule has 0 aliphatic carbocycles. The van der Waals surface area contributed by atoms with E-state index >= 15 is 0 Å². The van der Waals surface area contributed by atoms with E-state index in [0.717, 1.165) is 10.9 Å². The zero-order valence-electron chi connectivity index (χ0n) is 6.53. The summed E-state index contributed by atoms with van der Waals surface area (Å²) in [6.45, 7) is 0. The molecule has 0 radical (unpaired) electrons. The second-order valence-electron chi connectivity index (χ2n) is 2.55. The normalized spacial score (nSPS) is 9.92. The summed E-state index contributed by atoms with van der Waals surface area (Å²) >= 11 is 5.80. The molecule has 0 amide bonds. The molecule has 0 unspecified atom stereocenters. The van der Waals surface area contributed by atoms with Crippen LogP contribution in [0.25, 0.3) is 21.3 Å². The van der Waals surface area contributed by atoms with Crippen LogP contribution in [0.1, 0.15) is 0 Å². The van der Waals surface area contributed by atoms with Gasteiger partial charge in [0.2, 0.25) is 0 Å². The third kappa shape index (κ3) is 1.33. The minimum absolute atomic E-state index is 0.569. The summed E-state index contributed by atoms with van der Waals surface area (Å²) in [5.74, 6) is 0. The molecule has 0 atom stereocenters. The van der Waals surface area contributed by atoms with Crippen LogP contribution >= 0.6 is 11.6 Å². The lowest BCUT2D eigenvalue weighted by Crippen LogP contribution is -1.66. The minimum Gasteiger partial charge on any atom is -0.361 e. The summed E-state index contributed by atoms with van der Waals surface area (Å²) in [6.07, 6.45) is 1.65. The van der Waals surface area contributed by atoms with Gasteiger partial charge in [-0.1, -0.05) is 16.7 Å². The van der Waals surface area contributed by atoms with Gasteiger partial charge in [0, 0.05) is 27.0 Å². The van der Waals surface area contributed by atoms with E-state index in [2.05, 4.69) is 15.0 Å². The van der Waals surface area contributed by atoms with E-state index in [0.29, 0.717) is 10.7 Å². The van der Waals surface area contributed by atoms with Crippen molar-refractivity contribution in [3.8, 4) is 0 Å². The Labute approximate surface area is 78.8 Å². The van der Waals surface area contributed by atoms with Crippen molar-refractivity contribution < 1.29 is 0 Å². The highest BCUT2D eigenvalue weighted by Crippen LogP contribution is 2.28. The number of aromatic nitrogens is 1. The van der Waals surface area contributed by atoms with Crippen LogP contribution in [0.4, 0.5) is 5.69 Å². The Morgan fingerprint density at radius 3 is 3.08 bits per heavy atom. The van der Waals surface area contributed by atoms with Gasteiger partial charge in [-0.25, -0.2) is 0 Å². The number of rotatable bonds is 1. The number of hydrogen-bond donors (Lipinski definition) is 1. The number of hydrogen-bond acceptors (Lipinski definition) is 1. The molecule has 1 aromatic carbocycles. The maximum atomic E-state index is 8.28. The molecule has 2 rings (SSSR count). The molecule has 0 saturated heterocycles. The summed E-state index contributed by atoms with van der Waals surface area (Å²) in [4.78, 5) is 5.70. The van der Waals surface area contributed by atoms with Crippen LogP contribution in [0.2, 0.25) is 5.02 Å². The second kappa shape index (κ2) is 3.01. The molecule has 64 valence electrons. The Hall–Kier alpha value is -1.64. The van der Waals surface area contributed by atoms with Crippen molar-refractivity contribution in [3.63, 3.8) is 0 Å². The Balaban J connectivity index is 2.78. The van der Waals surface area contributed by atoms with Crippen LogP contribution in [0.15, 0.2) is 29.5 Å². The Morgan fingerprint density at radius 2 is 2.31 bits per heavy atom. The lowest BCUT2D eigenvalue weighted by atomic mass is 10.2. The van der Waals surface area contributed by atoms with E-state index in [4.69, 9.17) is 17.1 Å². The van der Waals surface area contributed by atoms with Crippen LogP contribution < -0.4 is 0 Å². The van der Waals surface area contributed by atoms with Crippen molar-refractivity contribution in [3.05, 3.63) is 39.9 Å². The number of halogens is 1. The highest BCUT2D eigenvalue weighted by molar-refractivity contribution is 6.31. The lowest BCUT2D eigenvalue weighted by molar-refractivity contribution is 1.44. The number of nitrogens with zero attached hydrogens (tertiary/aromatic N) is 3. The topological polar surface area (TPSA) is 64.6 Å². The van der Waals surface area contributed by atoms with Crippen molar-refractivity contribution >= 4 is 28.2 Å². The molecule has 0 aliphatic rings. The van der Waals surface area contributed by atoms with Gasteiger partial charge in [0.05, 0.1) is 5.69 Å². The van der Waals surface area contributed by atoms with Gasteiger partial charge in [0.1, 0.15) is 0 Å². The van der Waals surface area contributed by atoms with E-state index in [9.17, 15) is 0 Å². The number of azide groups is 1. The monoisotopic (exact) mass is 192 g/mol. The Kier molecular flexibility index (Phi) is 1.85. The minimum atomic E-state index is 0.569. The van der Waals surface area contributed by atoms with E-state index in [1.54, 1.807) is 18.3 Å². The zero-order chi connectivity index (χ0) is 9.26. The highest BCUT2D eigenvalue weighted by Gasteiger charge is 2.01. The third-order valence-electron chi connectivity index (χ3n) is 1.77. The molecule has 0 aliphatic heterocycles. The van der Waals surface area contributed by atoms with Crippen molar-refractivity contribution in [2.45, 2.75) is 0 Å². The SMILES string of the molecule is [N-]=[N+]=Nc1c[nH]c2ccc(Cl)cc12. The fourth-order valence-electron chi connectivity index (χ4n) is 1.21. The largest absolute Gasteiger partial charge is 0.361 e. The number of H-pyrrole nitrogens is 1. The molecule has 2 aromatic rings. The predicted octanol–water partition coefficient (Wildman–Crippen LogP) is 3.76. The summed E-state index contributed by atoms with van der Waals surface area (Å²) < 4.78 is 0. The van der Waals surface area contributed by atoms with Gasteiger partial charge in [-0.2, -0.15) is 0 Å². The fraction of sp³-hybridized carbons (Fsp3) is 0. The van der Waals surface area contributed by atoms with Crippen molar-refractivity contribution in [2.75, 3.05) is 0 Å². The van der Waals surface area contributed by atoms with Crippen LogP contribution in [0.5, 0.6) is 0 Å². The first-order chi connectivity index (χ1) is 6.31. The molecule has 1 heterocycles. The number of fused-ring (bicyclic) bond motifs is 1. The average Bonchev–Trinajstić information content (AvgIpc) is 2.49. The molecule has 0 saturated carbocycles. The van der Waals surface area contributed by atoms with Crippen molar-refractivity contribution in [1.82, 2.24) is 4.98 Å². The molecule has 13 heavy (non-hydrogen) atoms. The second-order valence-corrected chi connectivity index (χ2v) is 2.99. The van der Waals surface area contributed by atoms with Gasteiger partial charge in [-0.3, -0.25) is 0 Å². The Morgan fingerprint density at radius 1 is 1.46 bits per heavy atom. The lowest BCUT2D eigenvalue weighted by Gasteiger charge is -1.91. The molecular formula is C8H5ClN4. The molecule has 4 nitrogen and oxygen atoms in total. The summed E-state index contributed by atoms with van der Waals surface area (Å²) in [5, 5.41) is 4.99. The van der Waals surface area contributed by atoms with Crippen molar-refractivity contribution in [1.29, 1.82) is 0 Å². The molecule has 0 fully saturated rings. The van der Waals surface area contributed by atoms with E-state index in [-0.39, 0.29) is 0 Å². The summed E-state index contributed by atoms with van der Waals surface area (Å²) in [7, 11) is 0. The van der Waals surface area contributed by atoms with Gasteiger partial charge in [-0.15, -0.1) is 0 Å². The number of aromatic amines is 1. The molecule has 0 spiro atoms. The number of nitrogens with one attached hydrogen (secondary N) is 1. The van der Waals surface area contributed by atoms with Gasteiger partial charge in [0.15, 0.2) is 0 Å². The molecule has 5 heteroatoms. The van der Waals surface area contributed by atoms with E-state index in [1.165, 1.54) is 0 Å². The maximum absolute atomic E-state index is 8.28. The van der Waals surface area contributed by atoms with E-state index in [1.807, 2.05) is 6.07 Å². The molecular weight excluding hydrogens is 188 g/mol. The summed E-state index contributed by atoms with van der Waals surface area (Å²) in [6, 6.07) is 5.38. The van der Waals surface area contributed by atoms with Gasteiger partial charge in [-0.05, 0) is 23.7 Å².